The molecule has 5 heteroatoms. The zero-order valence-electron chi connectivity index (χ0n) is 24.2. The number of hydrogen-bond acceptors (Lipinski definition) is 5. The first kappa shape index (κ1) is 25.6. The Morgan fingerprint density at radius 1 is 0.919 bits per heavy atom. The highest BCUT2D eigenvalue weighted by molar-refractivity contribution is 5.96. The minimum absolute atomic E-state index is 0.0387. The zero-order valence-corrected chi connectivity index (χ0v) is 24.2. The first-order valence-electron chi connectivity index (χ1n) is 14.7. The largest absolute Gasteiger partial charge is 0.462 e. The summed E-state index contributed by atoms with van der Waals surface area (Å²) in [7, 11) is 0. The molecule has 204 valence electrons. The number of hydrogen-bond donors (Lipinski definition) is 0. The minimum Gasteiger partial charge on any atom is -0.462 e. The van der Waals surface area contributed by atoms with Crippen molar-refractivity contribution in [3.63, 3.8) is 0 Å². The molecular weight excluding hydrogens is 464 g/mol. The Morgan fingerprint density at radius 2 is 1.62 bits per heavy atom. The summed E-state index contributed by atoms with van der Waals surface area (Å²) in [5.74, 6) is 0.542. The van der Waals surface area contributed by atoms with E-state index in [1.165, 1.54) is 12.5 Å². The fourth-order valence-corrected chi connectivity index (χ4v) is 11.3. The molecule has 6 aliphatic rings. The SMILES string of the molecule is CC(=O)O[C@H]1CC[C@]2(C)[C@H]3C(=O)C=C4[C@@H]5C[C@]6(C)C[C@@H](OC6=O)[C@]5(C)CC[C@@]4(C)[C@]3(C)CC[C@H]2C1(C)C. The maximum absolute atomic E-state index is 14.4. The Labute approximate surface area is 222 Å². The minimum atomic E-state index is -0.433. The third kappa shape index (κ3) is 2.95. The van der Waals surface area contributed by atoms with E-state index in [9.17, 15) is 14.4 Å². The van der Waals surface area contributed by atoms with Gasteiger partial charge in [-0.25, -0.2) is 0 Å². The molecule has 4 saturated carbocycles. The number of fused-ring (bicyclic) bond motifs is 10. The smallest absolute Gasteiger partial charge is 0.312 e. The normalized spacial score (nSPS) is 53.6. The van der Waals surface area contributed by atoms with Gasteiger partial charge in [-0.2, -0.15) is 0 Å². The molecular formula is C32H46O5. The summed E-state index contributed by atoms with van der Waals surface area (Å²) in [6.45, 7) is 17.6. The van der Waals surface area contributed by atoms with Crippen molar-refractivity contribution in [1.29, 1.82) is 0 Å². The molecule has 1 heterocycles. The lowest BCUT2D eigenvalue weighted by Gasteiger charge is -2.70. The number of carbonyl (C=O) groups is 3. The van der Waals surface area contributed by atoms with E-state index in [-0.39, 0.29) is 63.1 Å². The third-order valence-corrected chi connectivity index (χ3v) is 13.6. The fourth-order valence-electron chi connectivity index (χ4n) is 11.3. The summed E-state index contributed by atoms with van der Waals surface area (Å²) in [5, 5.41) is 0. The van der Waals surface area contributed by atoms with Gasteiger partial charge in [0.15, 0.2) is 5.78 Å². The van der Waals surface area contributed by atoms with Crippen LogP contribution in [-0.4, -0.2) is 29.9 Å². The second-order valence-corrected chi connectivity index (χ2v) is 15.7. The van der Waals surface area contributed by atoms with E-state index in [1.54, 1.807) is 0 Å². The van der Waals surface area contributed by atoms with Gasteiger partial charge in [-0.15, -0.1) is 0 Å². The van der Waals surface area contributed by atoms with E-state index in [2.05, 4.69) is 54.5 Å². The Hall–Kier alpha value is -1.65. The first-order chi connectivity index (χ1) is 17.0. The lowest BCUT2D eigenvalue weighted by molar-refractivity contribution is -0.211. The Kier molecular flexibility index (Phi) is 5.05. The van der Waals surface area contributed by atoms with Gasteiger partial charge in [0, 0.05) is 30.1 Å². The second kappa shape index (κ2) is 7.30. The van der Waals surface area contributed by atoms with Crippen molar-refractivity contribution in [2.24, 2.45) is 50.2 Å². The number of rotatable bonds is 1. The van der Waals surface area contributed by atoms with Crippen molar-refractivity contribution in [3.8, 4) is 0 Å². The summed E-state index contributed by atoms with van der Waals surface area (Å²) >= 11 is 0. The van der Waals surface area contributed by atoms with Crippen molar-refractivity contribution in [3.05, 3.63) is 11.6 Å². The number of ether oxygens (including phenoxy) is 2. The predicted molar refractivity (Wildman–Crippen MR) is 140 cm³/mol. The molecule has 5 aliphatic carbocycles. The second-order valence-electron chi connectivity index (χ2n) is 15.7. The maximum atomic E-state index is 14.4. The predicted octanol–water partition coefficient (Wildman–Crippen LogP) is 6.43. The van der Waals surface area contributed by atoms with Crippen LogP contribution in [0, 0.1) is 50.2 Å². The van der Waals surface area contributed by atoms with Gasteiger partial charge in [-0.1, -0.05) is 47.1 Å². The number of allylic oxidation sites excluding steroid dienone is 2. The van der Waals surface area contributed by atoms with Crippen LogP contribution < -0.4 is 0 Å². The Balaban J connectivity index is 1.43. The molecule has 0 aromatic carbocycles. The quantitative estimate of drug-likeness (QED) is 0.380. The lowest BCUT2D eigenvalue weighted by Crippen LogP contribution is -2.67. The van der Waals surface area contributed by atoms with E-state index >= 15 is 0 Å². The zero-order chi connectivity index (χ0) is 27.0. The van der Waals surface area contributed by atoms with Gasteiger partial charge in [-0.3, -0.25) is 14.4 Å². The van der Waals surface area contributed by atoms with Gasteiger partial charge in [0.25, 0.3) is 0 Å². The summed E-state index contributed by atoms with van der Waals surface area (Å²) in [6.07, 6.45) is 9.39. The maximum Gasteiger partial charge on any atom is 0.312 e. The molecule has 0 unspecified atom stereocenters. The molecule has 0 N–H and O–H groups in total. The molecule has 1 aliphatic heterocycles. The lowest BCUT2D eigenvalue weighted by atomic mass is 9.33. The van der Waals surface area contributed by atoms with Crippen LogP contribution in [0.15, 0.2) is 11.6 Å². The summed E-state index contributed by atoms with van der Waals surface area (Å²) in [5.41, 5.74) is 0.277. The van der Waals surface area contributed by atoms with Crippen molar-refractivity contribution in [2.45, 2.75) is 119 Å². The van der Waals surface area contributed by atoms with Gasteiger partial charge >= 0.3 is 11.9 Å². The molecule has 0 radical (unpaired) electrons. The van der Waals surface area contributed by atoms with Crippen LogP contribution in [-0.2, 0) is 23.9 Å². The van der Waals surface area contributed by atoms with Crippen molar-refractivity contribution in [1.82, 2.24) is 0 Å². The fraction of sp³-hybridized carbons (Fsp3) is 0.844. The van der Waals surface area contributed by atoms with Crippen LogP contribution in [0.2, 0.25) is 0 Å². The van der Waals surface area contributed by atoms with Crippen LogP contribution in [0.1, 0.15) is 107 Å². The van der Waals surface area contributed by atoms with Crippen LogP contribution in [0.5, 0.6) is 0 Å². The van der Waals surface area contributed by atoms with Crippen LogP contribution >= 0.6 is 0 Å². The molecule has 6 rings (SSSR count). The average molecular weight is 511 g/mol. The topological polar surface area (TPSA) is 69.7 Å². The van der Waals surface area contributed by atoms with Crippen LogP contribution in [0.3, 0.4) is 0 Å². The number of ketones is 1. The van der Waals surface area contributed by atoms with Gasteiger partial charge in [0.1, 0.15) is 12.2 Å². The van der Waals surface area contributed by atoms with E-state index in [0.29, 0.717) is 11.7 Å². The third-order valence-electron chi connectivity index (χ3n) is 13.6. The molecule has 0 aromatic rings. The molecule has 37 heavy (non-hydrogen) atoms. The Bertz CT molecular complexity index is 1120. The molecule has 0 aromatic heterocycles. The molecule has 0 amide bonds. The monoisotopic (exact) mass is 510 g/mol. The highest BCUT2D eigenvalue weighted by Crippen LogP contribution is 2.75. The van der Waals surface area contributed by atoms with E-state index in [4.69, 9.17) is 9.47 Å². The highest BCUT2D eigenvalue weighted by Gasteiger charge is 2.72. The molecule has 10 atom stereocenters. The van der Waals surface area contributed by atoms with Crippen molar-refractivity contribution >= 4 is 17.7 Å². The molecule has 1 saturated heterocycles. The molecule has 5 nitrogen and oxygen atoms in total. The van der Waals surface area contributed by atoms with Gasteiger partial charge in [0.05, 0.1) is 5.41 Å². The van der Waals surface area contributed by atoms with Gasteiger partial charge in [-0.05, 0) is 86.0 Å². The van der Waals surface area contributed by atoms with E-state index in [1.807, 2.05) is 0 Å². The van der Waals surface area contributed by atoms with Crippen LogP contribution in [0.4, 0.5) is 0 Å². The Morgan fingerprint density at radius 3 is 2.30 bits per heavy atom. The standard InChI is InChI=1S/C32H46O5/c1-18(33)36-23-10-11-30(6)22(27(23,2)3)9-12-32(8)25(30)21(34)15-19-20-16-28(4)17-24(37-26(28)35)29(20,5)13-14-31(19,32)7/h15,20,22-25H,9-14,16-17H2,1-8H3/t20-,22-,23-,24+,25+,28+,29+,30-,31+,32+/m0/s1. The van der Waals surface area contributed by atoms with Gasteiger partial charge in [0.2, 0.25) is 0 Å². The molecule has 5 fully saturated rings. The summed E-state index contributed by atoms with van der Waals surface area (Å²) in [6, 6.07) is 0. The first-order valence-corrected chi connectivity index (χ1v) is 14.7. The van der Waals surface area contributed by atoms with E-state index in [0.717, 1.165) is 51.4 Å². The van der Waals surface area contributed by atoms with Gasteiger partial charge < -0.3 is 9.47 Å². The summed E-state index contributed by atoms with van der Waals surface area (Å²) < 4.78 is 11.8. The van der Waals surface area contributed by atoms with Crippen molar-refractivity contribution < 1.29 is 23.9 Å². The summed E-state index contributed by atoms with van der Waals surface area (Å²) in [4.78, 5) is 39.2. The molecule has 0 spiro atoms. The highest BCUT2D eigenvalue weighted by atomic mass is 16.6. The molecule has 2 bridgehead atoms. The number of carbonyl (C=O) groups excluding carboxylic acids is 3. The van der Waals surface area contributed by atoms with Crippen molar-refractivity contribution in [2.75, 3.05) is 0 Å². The van der Waals surface area contributed by atoms with Crippen LogP contribution in [0.25, 0.3) is 0 Å². The number of esters is 2. The van der Waals surface area contributed by atoms with E-state index < -0.39 is 5.41 Å². The average Bonchev–Trinajstić information content (AvgIpc) is 3.05.